The van der Waals surface area contributed by atoms with Crippen molar-refractivity contribution in [2.45, 2.75) is 31.4 Å². The lowest BCUT2D eigenvalue weighted by Crippen LogP contribution is -2.40. The lowest BCUT2D eigenvalue weighted by Gasteiger charge is -2.39. The van der Waals surface area contributed by atoms with E-state index in [9.17, 15) is 0 Å². The fraction of sp³-hybridized carbons (Fsp3) is 0.368. The molecule has 2 aromatic rings. The van der Waals surface area contributed by atoms with Gasteiger partial charge in [0.1, 0.15) is 0 Å². The molecule has 0 amide bonds. The normalized spacial score (nSPS) is 19.7. The van der Waals surface area contributed by atoms with E-state index in [1.54, 1.807) is 0 Å². The largest absolute Gasteiger partial charge is 0.390 e. The van der Waals surface area contributed by atoms with Gasteiger partial charge in [-0.3, -0.25) is 4.90 Å². The summed E-state index contributed by atoms with van der Waals surface area (Å²) in [6.07, 6.45) is 7.10. The number of hydrogen-bond donors (Lipinski definition) is 2. The van der Waals surface area contributed by atoms with Gasteiger partial charge in [-0.25, -0.2) is 0 Å². The van der Waals surface area contributed by atoms with Crippen LogP contribution in [0.25, 0.3) is 6.08 Å². The summed E-state index contributed by atoms with van der Waals surface area (Å²) < 4.78 is 0. The monoisotopic (exact) mass is 294 g/mol. The van der Waals surface area contributed by atoms with Gasteiger partial charge in [-0.1, -0.05) is 36.4 Å². The van der Waals surface area contributed by atoms with Crippen molar-refractivity contribution < 1.29 is 5.11 Å². The minimum absolute atomic E-state index is 0.0880. The molecule has 2 aliphatic rings. The predicted molar refractivity (Wildman–Crippen MR) is 88.4 cm³/mol. The highest BCUT2D eigenvalue weighted by Crippen LogP contribution is 2.43. The molecule has 0 unspecified atom stereocenters. The van der Waals surface area contributed by atoms with E-state index in [2.05, 4.69) is 52.4 Å². The first-order valence-corrected chi connectivity index (χ1v) is 8.08. The first-order chi connectivity index (χ1) is 10.8. The number of aromatic amines is 1. The highest BCUT2D eigenvalue weighted by atomic mass is 16.3. The minimum Gasteiger partial charge on any atom is -0.390 e. The molecule has 1 aliphatic heterocycles. The van der Waals surface area contributed by atoms with Gasteiger partial charge in [-0.05, 0) is 49.2 Å². The van der Waals surface area contributed by atoms with Crippen LogP contribution in [0.5, 0.6) is 0 Å². The topological polar surface area (TPSA) is 39.3 Å². The highest BCUT2D eigenvalue weighted by Gasteiger charge is 2.37. The summed E-state index contributed by atoms with van der Waals surface area (Å²) in [6.45, 7) is 3.27. The Morgan fingerprint density at radius 2 is 1.82 bits per heavy atom. The molecule has 3 nitrogen and oxygen atoms in total. The van der Waals surface area contributed by atoms with E-state index in [0.29, 0.717) is 0 Å². The van der Waals surface area contributed by atoms with Gasteiger partial charge in [0.15, 0.2) is 0 Å². The lowest BCUT2D eigenvalue weighted by atomic mass is 9.74. The molecule has 1 spiro atoms. The number of piperidine rings is 1. The highest BCUT2D eigenvalue weighted by molar-refractivity contribution is 5.65. The second kappa shape index (κ2) is 5.41. The van der Waals surface area contributed by atoms with Crippen LogP contribution in [0.15, 0.2) is 42.5 Å². The van der Waals surface area contributed by atoms with Crippen LogP contribution in [-0.4, -0.2) is 28.1 Å². The second-order valence-corrected chi connectivity index (χ2v) is 6.52. The Balaban J connectivity index is 1.44. The first kappa shape index (κ1) is 13.8. The molecule has 4 rings (SSSR count). The molecule has 2 heterocycles. The Kier molecular flexibility index (Phi) is 3.40. The summed E-state index contributed by atoms with van der Waals surface area (Å²) in [5, 5.41) is 9.14. The Morgan fingerprint density at radius 3 is 2.59 bits per heavy atom. The molecule has 0 saturated carbocycles. The molecule has 3 heteroatoms. The molecule has 1 saturated heterocycles. The van der Waals surface area contributed by atoms with Crippen LogP contribution in [0, 0.1) is 0 Å². The standard InChI is InChI=1S/C19H22N2O/c22-14-17-6-5-16(20-17)13-21-11-9-19(10-12-21)8-7-15-3-1-2-4-18(15)19/h1-8,20,22H,9-14H2. The van der Waals surface area contributed by atoms with Crippen molar-refractivity contribution in [1.29, 1.82) is 0 Å². The quantitative estimate of drug-likeness (QED) is 0.913. The smallest absolute Gasteiger partial charge is 0.0830 e. The predicted octanol–water partition coefficient (Wildman–Crippen LogP) is 3.07. The van der Waals surface area contributed by atoms with Crippen molar-refractivity contribution in [3.8, 4) is 0 Å². The number of likely N-dealkylation sites (tertiary alicyclic amines) is 1. The van der Waals surface area contributed by atoms with Crippen molar-refractivity contribution in [2.24, 2.45) is 0 Å². The molecule has 1 fully saturated rings. The zero-order valence-electron chi connectivity index (χ0n) is 12.8. The number of hydrogen-bond acceptors (Lipinski definition) is 2. The van der Waals surface area contributed by atoms with Crippen LogP contribution in [0.4, 0.5) is 0 Å². The first-order valence-electron chi connectivity index (χ1n) is 8.08. The van der Waals surface area contributed by atoms with Crippen LogP contribution < -0.4 is 0 Å². The van der Waals surface area contributed by atoms with Crippen LogP contribution >= 0.6 is 0 Å². The molecule has 0 atom stereocenters. The van der Waals surface area contributed by atoms with Crippen LogP contribution in [0.2, 0.25) is 0 Å². The van der Waals surface area contributed by atoms with Gasteiger partial charge < -0.3 is 10.1 Å². The van der Waals surface area contributed by atoms with E-state index in [0.717, 1.165) is 25.3 Å². The molecular formula is C19H22N2O. The summed E-state index contributed by atoms with van der Waals surface area (Å²) in [4.78, 5) is 5.79. The van der Waals surface area contributed by atoms with Gasteiger partial charge >= 0.3 is 0 Å². The van der Waals surface area contributed by atoms with E-state index < -0.39 is 0 Å². The van der Waals surface area contributed by atoms with Gasteiger partial charge in [-0.15, -0.1) is 0 Å². The molecule has 114 valence electrons. The summed E-state index contributed by atoms with van der Waals surface area (Å²) in [5.41, 5.74) is 5.27. The van der Waals surface area contributed by atoms with Crippen molar-refractivity contribution in [1.82, 2.24) is 9.88 Å². The maximum atomic E-state index is 9.14. The third kappa shape index (κ3) is 2.31. The van der Waals surface area contributed by atoms with Crippen molar-refractivity contribution in [3.05, 3.63) is 65.0 Å². The van der Waals surface area contributed by atoms with Gasteiger partial charge in [-0.2, -0.15) is 0 Å². The molecule has 1 aromatic heterocycles. The number of allylic oxidation sites excluding steroid dienone is 1. The summed E-state index contributed by atoms with van der Waals surface area (Å²) >= 11 is 0. The molecule has 22 heavy (non-hydrogen) atoms. The number of fused-ring (bicyclic) bond motifs is 2. The van der Waals surface area contributed by atoms with E-state index in [-0.39, 0.29) is 12.0 Å². The average molecular weight is 294 g/mol. The van der Waals surface area contributed by atoms with Crippen LogP contribution in [-0.2, 0) is 18.6 Å². The molecule has 0 bridgehead atoms. The molecule has 1 aliphatic carbocycles. The minimum atomic E-state index is 0.0880. The lowest BCUT2D eigenvalue weighted by molar-refractivity contribution is 0.175. The molecule has 2 N–H and O–H groups in total. The Hall–Kier alpha value is -1.84. The average Bonchev–Trinajstić information content (AvgIpc) is 3.16. The van der Waals surface area contributed by atoms with E-state index in [1.807, 2.05) is 6.07 Å². The van der Waals surface area contributed by atoms with Crippen molar-refractivity contribution in [3.63, 3.8) is 0 Å². The van der Waals surface area contributed by atoms with Crippen molar-refractivity contribution in [2.75, 3.05) is 13.1 Å². The zero-order chi connectivity index (χ0) is 15.0. The van der Waals surface area contributed by atoms with E-state index in [4.69, 9.17) is 5.11 Å². The summed E-state index contributed by atoms with van der Waals surface area (Å²) in [5.74, 6) is 0. The number of nitrogens with zero attached hydrogens (tertiary/aromatic N) is 1. The molecule has 0 radical (unpaired) electrons. The molecule has 1 aromatic carbocycles. The van der Waals surface area contributed by atoms with Gasteiger partial charge in [0.2, 0.25) is 0 Å². The number of nitrogens with one attached hydrogen (secondary N) is 1. The number of aliphatic hydroxyl groups excluding tert-OH is 1. The second-order valence-electron chi connectivity index (χ2n) is 6.52. The Bertz CT molecular complexity index is 693. The summed E-state index contributed by atoms with van der Waals surface area (Å²) in [6, 6.07) is 12.9. The maximum Gasteiger partial charge on any atom is 0.0830 e. The fourth-order valence-electron chi connectivity index (χ4n) is 3.90. The SMILES string of the molecule is OCc1ccc(CN2CCC3(C=Cc4ccccc43)CC2)[nH]1. The van der Waals surface area contributed by atoms with E-state index in [1.165, 1.54) is 29.7 Å². The number of rotatable bonds is 3. The Labute approximate surface area is 131 Å². The molecular weight excluding hydrogens is 272 g/mol. The number of aliphatic hydroxyl groups is 1. The fourth-order valence-corrected chi connectivity index (χ4v) is 3.90. The van der Waals surface area contributed by atoms with Gasteiger partial charge in [0.25, 0.3) is 0 Å². The van der Waals surface area contributed by atoms with E-state index >= 15 is 0 Å². The van der Waals surface area contributed by atoms with Crippen LogP contribution in [0.1, 0.15) is 35.4 Å². The van der Waals surface area contributed by atoms with Crippen molar-refractivity contribution >= 4 is 6.08 Å². The Morgan fingerprint density at radius 1 is 1.05 bits per heavy atom. The third-order valence-corrected chi connectivity index (χ3v) is 5.20. The number of benzene rings is 1. The van der Waals surface area contributed by atoms with Gasteiger partial charge in [0, 0.05) is 23.3 Å². The summed E-state index contributed by atoms with van der Waals surface area (Å²) in [7, 11) is 0. The zero-order valence-corrected chi connectivity index (χ0v) is 12.8. The van der Waals surface area contributed by atoms with Gasteiger partial charge in [0.05, 0.1) is 6.61 Å². The maximum absolute atomic E-state index is 9.14. The third-order valence-electron chi connectivity index (χ3n) is 5.20. The number of aromatic nitrogens is 1. The van der Waals surface area contributed by atoms with Crippen LogP contribution in [0.3, 0.4) is 0 Å². The number of H-pyrrole nitrogens is 1.